The highest BCUT2D eigenvalue weighted by molar-refractivity contribution is 7.33. The molecule has 7 nitrogen and oxygen atoms in total. The van der Waals surface area contributed by atoms with Crippen LogP contribution in [0.25, 0.3) is 0 Å². The zero-order chi connectivity index (χ0) is 13.0. The van der Waals surface area contributed by atoms with Gasteiger partial charge in [-0.25, -0.2) is 9.25 Å². The number of piperazine rings is 2. The van der Waals surface area contributed by atoms with Crippen LogP contribution in [0.2, 0.25) is 0 Å². The van der Waals surface area contributed by atoms with Crippen molar-refractivity contribution in [2.45, 2.75) is 0 Å². The van der Waals surface area contributed by atoms with Crippen LogP contribution in [-0.2, 0) is 13.8 Å². The lowest BCUT2D eigenvalue weighted by Gasteiger charge is -2.33. The second-order valence-electron chi connectivity index (χ2n) is 4.90. The molecule has 0 bridgehead atoms. The third-order valence-corrected chi connectivity index (χ3v) is 4.15. The minimum Gasteiger partial charge on any atom is -0.304 e. The second kappa shape index (κ2) is 8.54. The first kappa shape index (κ1) is 17.3. The molecule has 19 heavy (non-hydrogen) atoms. The van der Waals surface area contributed by atoms with E-state index in [4.69, 9.17) is 9.25 Å². The van der Waals surface area contributed by atoms with Crippen molar-refractivity contribution in [3.8, 4) is 0 Å². The lowest BCUT2D eigenvalue weighted by Crippen LogP contribution is -2.44. The predicted molar refractivity (Wildman–Crippen MR) is 76.6 cm³/mol. The van der Waals surface area contributed by atoms with Crippen molar-refractivity contribution >= 4 is 20.7 Å². The van der Waals surface area contributed by atoms with Crippen molar-refractivity contribution < 1.29 is 13.8 Å². The van der Waals surface area contributed by atoms with E-state index in [1.807, 2.05) is 0 Å². The summed E-state index contributed by atoms with van der Waals surface area (Å²) in [5.41, 5.74) is 0. The Hall–Kier alpha value is 0.280. The SMILES string of the molecule is CN1CCN(O[PH](=O)ON2CCN(C)CC2)CC1.Cl. The molecule has 2 heterocycles. The van der Waals surface area contributed by atoms with Crippen LogP contribution in [0.1, 0.15) is 0 Å². The summed E-state index contributed by atoms with van der Waals surface area (Å²) in [6.07, 6.45) is 0. The molecule has 0 unspecified atom stereocenters. The summed E-state index contributed by atoms with van der Waals surface area (Å²) in [5.74, 6) is 0. The minimum absolute atomic E-state index is 0. The molecule has 0 amide bonds. The molecular weight excluding hydrogens is 291 g/mol. The first-order chi connectivity index (χ1) is 8.63. The summed E-state index contributed by atoms with van der Waals surface area (Å²) in [6, 6.07) is 0. The van der Waals surface area contributed by atoms with Crippen LogP contribution in [0.3, 0.4) is 0 Å². The van der Waals surface area contributed by atoms with E-state index in [0.29, 0.717) is 0 Å². The first-order valence-corrected chi connectivity index (χ1v) is 7.63. The summed E-state index contributed by atoms with van der Waals surface area (Å²) < 4.78 is 22.5. The molecule has 0 aromatic rings. The zero-order valence-electron chi connectivity index (χ0n) is 11.6. The van der Waals surface area contributed by atoms with Crippen LogP contribution in [-0.4, -0.2) is 86.4 Å². The Morgan fingerprint density at radius 2 is 1.05 bits per heavy atom. The number of halogens is 1. The van der Waals surface area contributed by atoms with Crippen LogP contribution >= 0.6 is 20.7 Å². The lowest BCUT2D eigenvalue weighted by molar-refractivity contribution is -0.134. The Morgan fingerprint density at radius 3 is 1.37 bits per heavy atom. The molecule has 0 aromatic carbocycles. The van der Waals surface area contributed by atoms with E-state index in [0.717, 1.165) is 52.4 Å². The molecule has 0 atom stereocenters. The van der Waals surface area contributed by atoms with E-state index in [2.05, 4.69) is 23.9 Å². The zero-order valence-corrected chi connectivity index (χ0v) is 13.4. The van der Waals surface area contributed by atoms with Gasteiger partial charge in [-0.1, -0.05) is 0 Å². The van der Waals surface area contributed by atoms with Crippen molar-refractivity contribution in [1.29, 1.82) is 0 Å². The van der Waals surface area contributed by atoms with E-state index in [1.54, 1.807) is 10.1 Å². The molecule has 2 saturated heterocycles. The Balaban J connectivity index is 0.00000180. The van der Waals surface area contributed by atoms with Crippen LogP contribution < -0.4 is 0 Å². The number of hydrogen-bond donors (Lipinski definition) is 0. The molecular formula is C10H24ClN4O3P. The molecule has 9 heteroatoms. The van der Waals surface area contributed by atoms with E-state index < -0.39 is 8.25 Å². The van der Waals surface area contributed by atoms with E-state index in [1.165, 1.54) is 0 Å². The third-order valence-electron chi connectivity index (χ3n) is 3.33. The Morgan fingerprint density at radius 1 is 0.737 bits per heavy atom. The summed E-state index contributed by atoms with van der Waals surface area (Å²) in [6.45, 7) is 6.84. The fourth-order valence-corrected chi connectivity index (χ4v) is 2.81. The normalized spacial score (nSPS) is 24.6. The number of rotatable bonds is 4. The van der Waals surface area contributed by atoms with Crippen molar-refractivity contribution in [1.82, 2.24) is 19.9 Å². The van der Waals surface area contributed by atoms with Gasteiger partial charge in [0.1, 0.15) is 0 Å². The molecule has 0 saturated carbocycles. The highest BCUT2D eigenvalue weighted by atomic mass is 35.5. The monoisotopic (exact) mass is 314 g/mol. The van der Waals surface area contributed by atoms with Gasteiger partial charge in [0.15, 0.2) is 0 Å². The number of hydroxylamine groups is 4. The van der Waals surface area contributed by atoms with Gasteiger partial charge in [0, 0.05) is 52.4 Å². The Labute approximate surface area is 121 Å². The molecule has 0 aromatic heterocycles. The second-order valence-corrected chi connectivity index (χ2v) is 5.76. The quantitative estimate of drug-likeness (QED) is 0.685. The lowest BCUT2D eigenvalue weighted by atomic mass is 10.4. The van der Waals surface area contributed by atoms with E-state index in [9.17, 15) is 4.57 Å². The Bertz CT molecular complexity index is 258. The largest absolute Gasteiger partial charge is 0.352 e. The summed E-state index contributed by atoms with van der Waals surface area (Å²) in [7, 11) is 1.68. The first-order valence-electron chi connectivity index (χ1n) is 6.40. The maximum atomic E-state index is 11.8. The molecule has 2 aliphatic rings. The van der Waals surface area contributed by atoms with Gasteiger partial charge in [-0.2, -0.15) is 10.1 Å². The maximum absolute atomic E-state index is 11.8. The van der Waals surface area contributed by atoms with Gasteiger partial charge < -0.3 is 9.80 Å². The third kappa shape index (κ3) is 6.06. The predicted octanol–water partition coefficient (Wildman–Crippen LogP) is 0.156. The topological polar surface area (TPSA) is 48.5 Å². The number of nitrogens with zero attached hydrogens (tertiary/aromatic N) is 4. The average molecular weight is 315 g/mol. The maximum Gasteiger partial charge on any atom is 0.352 e. The van der Waals surface area contributed by atoms with Crippen LogP contribution in [0, 0.1) is 0 Å². The van der Waals surface area contributed by atoms with Crippen LogP contribution in [0.5, 0.6) is 0 Å². The van der Waals surface area contributed by atoms with Gasteiger partial charge in [0.2, 0.25) is 0 Å². The molecule has 0 aliphatic carbocycles. The van der Waals surface area contributed by atoms with Gasteiger partial charge in [-0.3, -0.25) is 4.57 Å². The summed E-state index contributed by atoms with van der Waals surface area (Å²) >= 11 is 0. The molecule has 114 valence electrons. The van der Waals surface area contributed by atoms with Crippen molar-refractivity contribution in [3.63, 3.8) is 0 Å². The van der Waals surface area contributed by atoms with Crippen molar-refractivity contribution in [2.75, 3.05) is 66.5 Å². The molecule has 0 spiro atoms. The van der Waals surface area contributed by atoms with E-state index >= 15 is 0 Å². The summed E-state index contributed by atoms with van der Waals surface area (Å²) in [5, 5.41) is 3.49. The van der Waals surface area contributed by atoms with Crippen molar-refractivity contribution in [3.05, 3.63) is 0 Å². The molecule has 2 aliphatic heterocycles. The van der Waals surface area contributed by atoms with Gasteiger partial charge in [-0.15, -0.1) is 12.4 Å². The highest BCUT2D eigenvalue weighted by Gasteiger charge is 2.20. The molecule has 0 radical (unpaired) electrons. The Kier molecular flexibility index (Phi) is 7.79. The standard InChI is InChI=1S/C10H23N4O3P.ClH/c1-11-3-7-13(8-4-11)16-18(15)17-14-9-5-12(2)6-10-14;/h18H,3-10H2,1-2H3;1H. The number of hydrogen-bond acceptors (Lipinski definition) is 7. The van der Waals surface area contributed by atoms with Gasteiger partial charge in [0.25, 0.3) is 0 Å². The summed E-state index contributed by atoms with van der Waals surface area (Å²) in [4.78, 5) is 4.44. The minimum atomic E-state index is -2.46. The molecule has 2 rings (SSSR count). The molecule has 0 N–H and O–H groups in total. The fraction of sp³-hybridized carbons (Fsp3) is 1.00. The smallest absolute Gasteiger partial charge is 0.304 e. The highest BCUT2D eigenvalue weighted by Crippen LogP contribution is 2.28. The molecule has 2 fully saturated rings. The van der Waals surface area contributed by atoms with E-state index in [-0.39, 0.29) is 12.4 Å². The van der Waals surface area contributed by atoms with Gasteiger partial charge in [0.05, 0.1) is 0 Å². The van der Waals surface area contributed by atoms with Gasteiger partial charge >= 0.3 is 8.25 Å². The van der Waals surface area contributed by atoms with Gasteiger partial charge in [-0.05, 0) is 14.1 Å². The van der Waals surface area contributed by atoms with Crippen LogP contribution in [0.4, 0.5) is 0 Å². The van der Waals surface area contributed by atoms with Crippen LogP contribution in [0.15, 0.2) is 0 Å². The van der Waals surface area contributed by atoms with Crippen molar-refractivity contribution in [2.24, 2.45) is 0 Å². The average Bonchev–Trinajstić information content (AvgIpc) is 2.35. The number of likely N-dealkylation sites (N-methyl/N-ethyl adjacent to an activating group) is 2. The fourth-order valence-electron chi connectivity index (χ4n) is 1.99.